The van der Waals surface area contributed by atoms with Gasteiger partial charge in [0, 0.05) is 41.6 Å². The second-order valence-corrected chi connectivity index (χ2v) is 10.9. The summed E-state index contributed by atoms with van der Waals surface area (Å²) in [4.78, 5) is 0.309. The highest BCUT2D eigenvalue weighted by molar-refractivity contribution is 7.90. The first-order valence-corrected chi connectivity index (χ1v) is 12.7. The van der Waals surface area contributed by atoms with Crippen LogP contribution in [0.1, 0.15) is 42.1 Å². The smallest absolute Gasteiger partial charge is 0.268 e. The van der Waals surface area contributed by atoms with E-state index in [9.17, 15) is 8.42 Å². The molecule has 0 amide bonds. The van der Waals surface area contributed by atoms with Crippen LogP contribution in [-0.2, 0) is 23.5 Å². The Hall–Kier alpha value is -3.31. The maximum absolute atomic E-state index is 14.0. The highest BCUT2D eigenvalue weighted by atomic mass is 32.2. The van der Waals surface area contributed by atoms with Crippen molar-refractivity contribution in [3.8, 4) is 0 Å². The van der Waals surface area contributed by atoms with Crippen LogP contribution in [0.15, 0.2) is 83.9 Å². The Balaban J connectivity index is 1.82. The fourth-order valence-electron chi connectivity index (χ4n) is 4.94. The molecule has 0 saturated carbocycles. The molecule has 0 spiro atoms. The van der Waals surface area contributed by atoms with Crippen LogP contribution in [0.4, 0.5) is 0 Å². The Morgan fingerprint density at radius 3 is 2.09 bits per heavy atom. The third-order valence-electron chi connectivity index (χ3n) is 6.44. The molecule has 2 heterocycles. The predicted molar refractivity (Wildman–Crippen MR) is 136 cm³/mol. The van der Waals surface area contributed by atoms with Crippen LogP contribution in [0.5, 0.6) is 0 Å². The summed E-state index contributed by atoms with van der Waals surface area (Å²) < 4.78 is 31.8. The van der Waals surface area contributed by atoms with Gasteiger partial charge in [-0.3, -0.25) is 0 Å². The van der Waals surface area contributed by atoms with Crippen molar-refractivity contribution in [3.63, 3.8) is 0 Å². The standard InChI is InChI=1S/C28H28N2O2S/c1-19(2)28-24-10-6-8-12-26(24)30(33(31,32)22-15-13-20(3)14-16-22)27(28)17-21-18-29(4)25-11-7-5-9-23(21)25/h5-16,18-19H,17H2,1-4H3. The molecule has 33 heavy (non-hydrogen) atoms. The van der Waals surface area contributed by atoms with Crippen molar-refractivity contribution in [2.75, 3.05) is 0 Å². The topological polar surface area (TPSA) is 44.0 Å². The normalized spacial score (nSPS) is 12.3. The van der Waals surface area contributed by atoms with Gasteiger partial charge in [0.2, 0.25) is 0 Å². The van der Waals surface area contributed by atoms with E-state index in [2.05, 4.69) is 36.7 Å². The quantitative estimate of drug-likeness (QED) is 0.307. The summed E-state index contributed by atoms with van der Waals surface area (Å²) in [6, 6.07) is 23.2. The van der Waals surface area contributed by atoms with Gasteiger partial charge in [0.1, 0.15) is 0 Å². The van der Waals surface area contributed by atoms with Crippen LogP contribution in [0.3, 0.4) is 0 Å². The number of rotatable bonds is 5. The van der Waals surface area contributed by atoms with Gasteiger partial charge in [0.15, 0.2) is 0 Å². The lowest BCUT2D eigenvalue weighted by atomic mass is 9.96. The molecule has 0 N–H and O–H groups in total. The molecule has 0 aliphatic rings. The van der Waals surface area contributed by atoms with E-state index in [1.807, 2.05) is 62.5 Å². The van der Waals surface area contributed by atoms with Gasteiger partial charge in [-0.1, -0.05) is 67.9 Å². The first-order chi connectivity index (χ1) is 15.8. The molecule has 0 unspecified atom stereocenters. The maximum atomic E-state index is 14.0. The number of para-hydroxylation sites is 2. The largest absolute Gasteiger partial charge is 0.350 e. The minimum Gasteiger partial charge on any atom is -0.350 e. The second kappa shape index (κ2) is 7.92. The van der Waals surface area contributed by atoms with Gasteiger partial charge in [-0.15, -0.1) is 0 Å². The Labute approximate surface area is 195 Å². The SMILES string of the molecule is Cc1ccc(S(=O)(=O)n2c(Cc3cn(C)c4ccccc34)c(C(C)C)c3ccccc32)cc1. The third kappa shape index (κ3) is 3.47. The number of aryl methyl sites for hydroxylation is 2. The van der Waals surface area contributed by atoms with E-state index < -0.39 is 10.0 Å². The Morgan fingerprint density at radius 2 is 1.42 bits per heavy atom. The molecule has 0 bridgehead atoms. The number of benzene rings is 3. The summed E-state index contributed by atoms with van der Waals surface area (Å²) in [5.41, 5.74) is 5.96. The average molecular weight is 457 g/mol. The van der Waals surface area contributed by atoms with Crippen molar-refractivity contribution in [1.29, 1.82) is 0 Å². The van der Waals surface area contributed by atoms with Crippen molar-refractivity contribution in [1.82, 2.24) is 8.54 Å². The van der Waals surface area contributed by atoms with Crippen LogP contribution in [0.2, 0.25) is 0 Å². The van der Waals surface area contributed by atoms with Crippen molar-refractivity contribution in [3.05, 3.63) is 101 Å². The molecule has 5 rings (SSSR count). The minimum absolute atomic E-state index is 0.175. The number of aromatic nitrogens is 2. The lowest BCUT2D eigenvalue weighted by Crippen LogP contribution is -2.17. The summed E-state index contributed by atoms with van der Waals surface area (Å²) in [7, 11) is -1.75. The fourth-order valence-corrected chi connectivity index (χ4v) is 6.50. The lowest BCUT2D eigenvalue weighted by Gasteiger charge is -2.15. The van der Waals surface area contributed by atoms with Gasteiger partial charge in [0.25, 0.3) is 10.0 Å². The lowest BCUT2D eigenvalue weighted by molar-refractivity contribution is 0.587. The zero-order valence-electron chi connectivity index (χ0n) is 19.4. The number of fused-ring (bicyclic) bond motifs is 2. The molecule has 0 aliphatic carbocycles. The van der Waals surface area contributed by atoms with Crippen LogP contribution in [0.25, 0.3) is 21.8 Å². The van der Waals surface area contributed by atoms with Crippen LogP contribution in [-0.4, -0.2) is 17.0 Å². The van der Waals surface area contributed by atoms with E-state index in [1.54, 1.807) is 16.1 Å². The van der Waals surface area contributed by atoms with E-state index in [4.69, 9.17) is 0 Å². The average Bonchev–Trinajstić information content (AvgIpc) is 3.29. The molecule has 3 aromatic carbocycles. The first-order valence-electron chi connectivity index (χ1n) is 11.3. The van der Waals surface area contributed by atoms with E-state index in [0.717, 1.165) is 44.2 Å². The summed E-state index contributed by atoms with van der Waals surface area (Å²) >= 11 is 0. The summed E-state index contributed by atoms with van der Waals surface area (Å²) in [6.07, 6.45) is 2.66. The van der Waals surface area contributed by atoms with Crippen molar-refractivity contribution in [2.45, 2.75) is 38.0 Å². The molecule has 0 fully saturated rings. The number of hydrogen-bond donors (Lipinski definition) is 0. The monoisotopic (exact) mass is 456 g/mol. The van der Waals surface area contributed by atoms with E-state index >= 15 is 0 Å². The van der Waals surface area contributed by atoms with E-state index in [-0.39, 0.29) is 5.92 Å². The number of nitrogens with zero attached hydrogens (tertiary/aromatic N) is 2. The summed E-state index contributed by atoms with van der Waals surface area (Å²) in [5, 5.41) is 2.15. The summed E-state index contributed by atoms with van der Waals surface area (Å²) in [6.45, 7) is 6.23. The molecule has 4 nitrogen and oxygen atoms in total. The van der Waals surface area contributed by atoms with Gasteiger partial charge in [-0.25, -0.2) is 12.4 Å². The highest BCUT2D eigenvalue weighted by Gasteiger charge is 2.28. The first kappa shape index (κ1) is 21.5. The molecule has 5 aromatic rings. The van der Waals surface area contributed by atoms with Gasteiger partial charge in [-0.05, 0) is 48.2 Å². The van der Waals surface area contributed by atoms with Crippen molar-refractivity contribution in [2.24, 2.45) is 7.05 Å². The third-order valence-corrected chi connectivity index (χ3v) is 8.21. The maximum Gasteiger partial charge on any atom is 0.268 e. The fraction of sp³-hybridized carbons (Fsp3) is 0.214. The van der Waals surface area contributed by atoms with E-state index in [1.165, 1.54) is 0 Å². The molecule has 2 aromatic heterocycles. The molecular weight excluding hydrogens is 428 g/mol. The van der Waals surface area contributed by atoms with Crippen LogP contribution < -0.4 is 0 Å². The molecular formula is C28H28N2O2S. The molecule has 5 heteroatoms. The Bertz CT molecular complexity index is 1590. The van der Waals surface area contributed by atoms with Crippen LogP contribution >= 0.6 is 0 Å². The molecule has 168 valence electrons. The van der Waals surface area contributed by atoms with E-state index in [0.29, 0.717) is 11.3 Å². The van der Waals surface area contributed by atoms with Gasteiger partial charge in [0.05, 0.1) is 10.4 Å². The van der Waals surface area contributed by atoms with Crippen molar-refractivity contribution < 1.29 is 8.42 Å². The summed E-state index contributed by atoms with van der Waals surface area (Å²) in [5.74, 6) is 0.175. The zero-order valence-corrected chi connectivity index (χ0v) is 20.2. The molecule has 0 aliphatic heterocycles. The second-order valence-electron chi connectivity index (χ2n) is 9.07. The Kier molecular flexibility index (Phi) is 5.17. The highest BCUT2D eigenvalue weighted by Crippen LogP contribution is 2.37. The Morgan fingerprint density at radius 1 is 0.818 bits per heavy atom. The number of hydrogen-bond acceptors (Lipinski definition) is 2. The molecule has 0 saturated heterocycles. The van der Waals surface area contributed by atoms with Gasteiger partial charge >= 0.3 is 0 Å². The minimum atomic E-state index is -3.78. The van der Waals surface area contributed by atoms with Gasteiger partial charge in [-0.2, -0.15) is 0 Å². The zero-order chi connectivity index (χ0) is 23.3. The molecule has 0 radical (unpaired) electrons. The van der Waals surface area contributed by atoms with Crippen molar-refractivity contribution >= 4 is 31.8 Å². The molecule has 0 atom stereocenters. The van der Waals surface area contributed by atoms with Gasteiger partial charge < -0.3 is 4.57 Å². The predicted octanol–water partition coefficient (Wildman–Crippen LogP) is 6.39. The van der Waals surface area contributed by atoms with Crippen LogP contribution in [0, 0.1) is 6.92 Å².